The van der Waals surface area contributed by atoms with Crippen LogP contribution in [0.2, 0.25) is 0 Å². The molecule has 0 aliphatic rings. The Labute approximate surface area is 123 Å². The number of rotatable bonds is 0. The lowest BCUT2D eigenvalue weighted by molar-refractivity contribution is 0.640. The standard InChI is InChI=1S/C10H7F.C10H8/c11-10-7-3-5-8-4-1-2-6-9(8)10;1-2-6-10-8-4-3-7-9(10)5-1/h1-7H;1-8H. The van der Waals surface area contributed by atoms with Gasteiger partial charge in [0.2, 0.25) is 0 Å². The molecule has 0 unspecified atom stereocenters. The molecular formula is C20H15F. The van der Waals surface area contributed by atoms with Gasteiger partial charge in [-0.3, -0.25) is 0 Å². The maximum Gasteiger partial charge on any atom is 0.131 e. The van der Waals surface area contributed by atoms with Crippen molar-refractivity contribution in [1.82, 2.24) is 0 Å². The fraction of sp³-hybridized carbons (Fsp3) is 0. The molecule has 102 valence electrons. The molecule has 0 heterocycles. The summed E-state index contributed by atoms with van der Waals surface area (Å²) in [5.41, 5.74) is 0. The Morgan fingerprint density at radius 2 is 0.857 bits per heavy atom. The Kier molecular flexibility index (Phi) is 3.92. The molecule has 0 saturated heterocycles. The van der Waals surface area contributed by atoms with Gasteiger partial charge in [0.15, 0.2) is 0 Å². The molecule has 4 aromatic rings. The normalized spacial score (nSPS) is 10.1. The first-order chi connectivity index (χ1) is 10.3. The molecule has 4 rings (SSSR count). The van der Waals surface area contributed by atoms with Crippen LogP contribution in [0, 0.1) is 5.82 Å². The van der Waals surface area contributed by atoms with E-state index in [-0.39, 0.29) is 5.82 Å². The van der Waals surface area contributed by atoms with Gasteiger partial charge in [-0.25, -0.2) is 4.39 Å². The highest BCUT2D eigenvalue weighted by Crippen LogP contribution is 2.16. The fourth-order valence-corrected chi connectivity index (χ4v) is 2.32. The van der Waals surface area contributed by atoms with E-state index in [1.54, 1.807) is 12.1 Å². The number of hydrogen-bond donors (Lipinski definition) is 0. The van der Waals surface area contributed by atoms with Crippen LogP contribution in [-0.2, 0) is 0 Å². The smallest absolute Gasteiger partial charge is 0.131 e. The van der Waals surface area contributed by atoms with E-state index in [4.69, 9.17) is 0 Å². The van der Waals surface area contributed by atoms with E-state index in [0.717, 1.165) is 5.39 Å². The molecule has 0 N–H and O–H groups in total. The molecule has 1 heteroatoms. The third kappa shape index (κ3) is 3.09. The zero-order chi connectivity index (χ0) is 14.5. The number of benzene rings is 4. The zero-order valence-corrected chi connectivity index (χ0v) is 11.5. The second-order valence-electron chi connectivity index (χ2n) is 4.81. The Balaban J connectivity index is 0.000000126. The van der Waals surface area contributed by atoms with Crippen LogP contribution >= 0.6 is 0 Å². The zero-order valence-electron chi connectivity index (χ0n) is 11.5. The van der Waals surface area contributed by atoms with Gasteiger partial charge in [0.1, 0.15) is 5.82 Å². The molecule has 0 nitrogen and oxygen atoms in total. The SMILES string of the molecule is Fc1cccc2ccccc12.c1ccc2ccccc2c1. The van der Waals surface area contributed by atoms with E-state index in [1.807, 2.05) is 24.3 Å². The van der Waals surface area contributed by atoms with Crippen molar-refractivity contribution in [2.24, 2.45) is 0 Å². The number of hydrogen-bond acceptors (Lipinski definition) is 0. The van der Waals surface area contributed by atoms with Gasteiger partial charge in [-0.2, -0.15) is 0 Å². The minimum absolute atomic E-state index is 0.150. The highest BCUT2D eigenvalue weighted by Gasteiger charge is 1.95. The van der Waals surface area contributed by atoms with E-state index >= 15 is 0 Å². The first-order valence-electron chi connectivity index (χ1n) is 6.92. The minimum Gasteiger partial charge on any atom is -0.206 e. The lowest BCUT2D eigenvalue weighted by Crippen LogP contribution is -1.76. The minimum atomic E-state index is -0.150. The average molecular weight is 274 g/mol. The van der Waals surface area contributed by atoms with Gasteiger partial charge < -0.3 is 0 Å². The van der Waals surface area contributed by atoms with Crippen LogP contribution in [0.3, 0.4) is 0 Å². The van der Waals surface area contributed by atoms with Gasteiger partial charge in [0, 0.05) is 5.39 Å². The fourth-order valence-electron chi connectivity index (χ4n) is 2.32. The summed E-state index contributed by atoms with van der Waals surface area (Å²) >= 11 is 0. The predicted octanol–water partition coefficient (Wildman–Crippen LogP) is 5.82. The molecule has 21 heavy (non-hydrogen) atoms. The van der Waals surface area contributed by atoms with Gasteiger partial charge >= 0.3 is 0 Å². The van der Waals surface area contributed by atoms with E-state index in [0.29, 0.717) is 5.39 Å². The van der Waals surface area contributed by atoms with Gasteiger partial charge in [-0.05, 0) is 22.2 Å². The monoisotopic (exact) mass is 274 g/mol. The molecule has 0 spiro atoms. The van der Waals surface area contributed by atoms with Crippen LogP contribution in [0.4, 0.5) is 4.39 Å². The largest absolute Gasteiger partial charge is 0.206 e. The summed E-state index contributed by atoms with van der Waals surface area (Å²) in [6.45, 7) is 0. The van der Waals surface area contributed by atoms with Crippen LogP contribution < -0.4 is 0 Å². The summed E-state index contributed by atoms with van der Waals surface area (Å²) in [4.78, 5) is 0. The third-order valence-electron chi connectivity index (χ3n) is 3.40. The average Bonchev–Trinajstić information content (AvgIpc) is 2.56. The van der Waals surface area contributed by atoms with E-state index < -0.39 is 0 Å². The van der Waals surface area contributed by atoms with Crippen LogP contribution in [0.1, 0.15) is 0 Å². The van der Waals surface area contributed by atoms with Crippen molar-refractivity contribution in [1.29, 1.82) is 0 Å². The van der Waals surface area contributed by atoms with Crippen LogP contribution in [0.25, 0.3) is 21.5 Å². The van der Waals surface area contributed by atoms with Crippen molar-refractivity contribution in [3.8, 4) is 0 Å². The van der Waals surface area contributed by atoms with Crippen LogP contribution in [0.5, 0.6) is 0 Å². The van der Waals surface area contributed by atoms with Crippen molar-refractivity contribution in [3.05, 3.63) is 96.8 Å². The summed E-state index contributed by atoms with van der Waals surface area (Å²) in [5, 5.41) is 4.26. The Morgan fingerprint density at radius 1 is 0.429 bits per heavy atom. The first-order valence-corrected chi connectivity index (χ1v) is 6.92. The van der Waals surface area contributed by atoms with E-state index in [1.165, 1.54) is 16.8 Å². The van der Waals surface area contributed by atoms with E-state index in [9.17, 15) is 4.39 Å². The molecule has 0 bridgehead atoms. The second kappa shape index (κ2) is 6.19. The molecule has 0 amide bonds. The Hall–Kier alpha value is -2.67. The van der Waals surface area contributed by atoms with Crippen LogP contribution in [0.15, 0.2) is 91.0 Å². The highest BCUT2D eigenvalue weighted by atomic mass is 19.1. The van der Waals surface area contributed by atoms with Gasteiger partial charge in [-0.1, -0.05) is 84.9 Å². The third-order valence-corrected chi connectivity index (χ3v) is 3.40. The number of halogens is 1. The van der Waals surface area contributed by atoms with Crippen molar-refractivity contribution in [3.63, 3.8) is 0 Å². The van der Waals surface area contributed by atoms with Gasteiger partial charge in [0.25, 0.3) is 0 Å². The first kappa shape index (κ1) is 13.3. The highest BCUT2D eigenvalue weighted by molar-refractivity contribution is 5.83. The maximum atomic E-state index is 13.0. The van der Waals surface area contributed by atoms with Crippen molar-refractivity contribution in [2.45, 2.75) is 0 Å². The summed E-state index contributed by atoms with van der Waals surface area (Å²) in [6.07, 6.45) is 0. The van der Waals surface area contributed by atoms with Gasteiger partial charge in [0.05, 0.1) is 0 Å². The summed E-state index contributed by atoms with van der Waals surface area (Å²) in [7, 11) is 0. The molecule has 0 aliphatic carbocycles. The van der Waals surface area contributed by atoms with Crippen LogP contribution in [-0.4, -0.2) is 0 Å². The molecule has 0 saturated carbocycles. The summed E-state index contributed by atoms with van der Waals surface area (Å²) in [6, 6.07) is 29.2. The second-order valence-corrected chi connectivity index (χ2v) is 4.81. The quantitative estimate of drug-likeness (QED) is 0.379. The lowest BCUT2D eigenvalue weighted by atomic mass is 10.1. The van der Waals surface area contributed by atoms with Crippen molar-refractivity contribution >= 4 is 21.5 Å². The van der Waals surface area contributed by atoms with E-state index in [2.05, 4.69) is 48.5 Å². The Morgan fingerprint density at radius 3 is 1.38 bits per heavy atom. The molecule has 0 aromatic heterocycles. The van der Waals surface area contributed by atoms with Gasteiger partial charge in [-0.15, -0.1) is 0 Å². The predicted molar refractivity (Wildman–Crippen MR) is 87.9 cm³/mol. The molecule has 0 fully saturated rings. The lowest BCUT2D eigenvalue weighted by Gasteiger charge is -1.95. The Bertz CT molecular complexity index is 794. The summed E-state index contributed by atoms with van der Waals surface area (Å²) < 4.78 is 13.0. The van der Waals surface area contributed by atoms with Crippen molar-refractivity contribution < 1.29 is 4.39 Å². The maximum absolute atomic E-state index is 13.0. The molecule has 4 aromatic carbocycles. The van der Waals surface area contributed by atoms with Crippen molar-refractivity contribution in [2.75, 3.05) is 0 Å². The molecular weight excluding hydrogens is 259 g/mol. The molecule has 0 radical (unpaired) electrons. The summed E-state index contributed by atoms with van der Waals surface area (Å²) in [5.74, 6) is -0.150. The molecule has 0 atom stereocenters. The topological polar surface area (TPSA) is 0 Å². The number of fused-ring (bicyclic) bond motifs is 2. The molecule has 0 aliphatic heterocycles.